The highest BCUT2D eigenvalue weighted by atomic mass is 35.7. The van der Waals surface area contributed by atoms with Crippen LogP contribution in [-0.2, 0) is 4.84 Å². The third-order valence-electron chi connectivity index (χ3n) is 1.75. The van der Waals surface area contributed by atoms with E-state index in [0.717, 1.165) is 43.9 Å². The molecule has 0 unspecified atom stereocenters. The van der Waals surface area contributed by atoms with Gasteiger partial charge in [-0.05, 0) is 61.5 Å². The Labute approximate surface area is 112 Å². The molecule has 1 aromatic carbocycles. The van der Waals surface area contributed by atoms with E-state index in [1.807, 2.05) is 18.2 Å². The van der Waals surface area contributed by atoms with Crippen LogP contribution in [0.2, 0.25) is 0 Å². The monoisotopic (exact) mass is 299 g/mol. The van der Waals surface area contributed by atoms with Crippen molar-refractivity contribution in [3.63, 3.8) is 0 Å². The molecule has 0 aliphatic carbocycles. The summed E-state index contributed by atoms with van der Waals surface area (Å²) in [7, 11) is 13.6. The van der Waals surface area contributed by atoms with Crippen molar-refractivity contribution in [1.29, 1.82) is 0 Å². The molecule has 1 rings (SSSR count). The van der Waals surface area contributed by atoms with E-state index in [2.05, 4.69) is 4.84 Å². The van der Waals surface area contributed by atoms with Crippen LogP contribution in [0.15, 0.2) is 28.0 Å². The summed E-state index contributed by atoms with van der Waals surface area (Å²) in [5, 5.41) is 0. The first kappa shape index (κ1) is 14.3. The van der Waals surface area contributed by atoms with E-state index in [9.17, 15) is 0 Å². The predicted octanol–water partition coefficient (Wildman–Crippen LogP) is 3.84. The van der Waals surface area contributed by atoms with Crippen LogP contribution in [0.5, 0.6) is 5.75 Å². The number of nitrogens with two attached hydrogens (primary N) is 1. The van der Waals surface area contributed by atoms with E-state index in [4.69, 9.17) is 32.0 Å². The van der Waals surface area contributed by atoms with E-state index >= 15 is 0 Å². The van der Waals surface area contributed by atoms with Crippen LogP contribution < -0.4 is 10.6 Å². The van der Waals surface area contributed by atoms with Crippen molar-refractivity contribution in [1.82, 2.24) is 0 Å². The highest BCUT2D eigenvalue weighted by Crippen LogP contribution is 2.36. The Hall–Kier alpha value is 0.220. The molecule has 0 atom stereocenters. The average Bonchev–Trinajstić information content (AvgIpc) is 2.34. The van der Waals surface area contributed by atoms with Gasteiger partial charge in [0.1, 0.15) is 5.75 Å². The topological polar surface area (TPSA) is 44.5 Å². The number of ether oxygens (including phenoxy) is 1. The van der Waals surface area contributed by atoms with Gasteiger partial charge in [-0.25, -0.2) is 5.90 Å². The van der Waals surface area contributed by atoms with Gasteiger partial charge < -0.3 is 9.57 Å². The van der Waals surface area contributed by atoms with Gasteiger partial charge in [-0.3, -0.25) is 0 Å². The molecule has 3 nitrogen and oxygen atoms in total. The highest BCUT2D eigenvalue weighted by molar-refractivity contribution is 8.21. The van der Waals surface area contributed by atoms with Gasteiger partial charge in [-0.2, -0.15) is 0 Å². The van der Waals surface area contributed by atoms with Crippen molar-refractivity contribution >= 4 is 43.3 Å². The summed E-state index contributed by atoms with van der Waals surface area (Å²) in [6.45, 7) is 0.991. The summed E-state index contributed by atoms with van der Waals surface area (Å²) in [6, 6.07) is 5.61. The SMILES string of the molecule is NOCCCOc1cc(SCl)ccc1SCl. The molecule has 16 heavy (non-hydrogen) atoms. The molecule has 0 heterocycles. The maximum absolute atomic E-state index is 5.72. The third kappa shape index (κ3) is 4.61. The van der Waals surface area contributed by atoms with Crippen LogP contribution in [0.4, 0.5) is 0 Å². The molecule has 90 valence electrons. The molecular weight excluding hydrogens is 289 g/mol. The summed E-state index contributed by atoms with van der Waals surface area (Å²) in [6.07, 6.45) is 0.723. The quantitative estimate of drug-likeness (QED) is 0.612. The first-order valence-electron chi connectivity index (χ1n) is 4.47. The van der Waals surface area contributed by atoms with Crippen LogP contribution in [0, 0.1) is 0 Å². The molecule has 0 spiro atoms. The number of rotatable bonds is 7. The van der Waals surface area contributed by atoms with Gasteiger partial charge in [0.2, 0.25) is 0 Å². The Morgan fingerprint density at radius 3 is 2.62 bits per heavy atom. The molecule has 0 saturated heterocycles. The van der Waals surface area contributed by atoms with Crippen molar-refractivity contribution < 1.29 is 9.57 Å². The van der Waals surface area contributed by atoms with E-state index < -0.39 is 0 Å². The van der Waals surface area contributed by atoms with E-state index in [1.165, 1.54) is 0 Å². The smallest absolute Gasteiger partial charge is 0.135 e. The van der Waals surface area contributed by atoms with Crippen molar-refractivity contribution in [2.75, 3.05) is 13.2 Å². The first-order valence-corrected chi connectivity index (χ1v) is 7.76. The number of hydrogen-bond donors (Lipinski definition) is 1. The maximum atomic E-state index is 5.72. The average molecular weight is 300 g/mol. The summed E-state index contributed by atoms with van der Waals surface area (Å²) in [5.74, 6) is 5.63. The van der Waals surface area contributed by atoms with Crippen molar-refractivity contribution in [2.24, 2.45) is 5.90 Å². The minimum Gasteiger partial charge on any atom is -0.492 e. The van der Waals surface area contributed by atoms with Crippen molar-refractivity contribution in [2.45, 2.75) is 16.2 Å². The second-order valence-corrected chi connectivity index (χ2v) is 4.98. The lowest BCUT2D eigenvalue weighted by Crippen LogP contribution is -2.06. The molecule has 1 aromatic rings. The molecular formula is C9H11Cl2NO2S2. The lowest BCUT2D eigenvalue weighted by Gasteiger charge is -2.09. The Kier molecular flexibility index (Phi) is 7.44. The molecule has 0 fully saturated rings. The molecule has 0 aromatic heterocycles. The minimum atomic E-state index is 0.466. The summed E-state index contributed by atoms with van der Waals surface area (Å²) < 4.78 is 5.56. The van der Waals surface area contributed by atoms with Gasteiger partial charge in [0.15, 0.2) is 0 Å². The zero-order chi connectivity index (χ0) is 11.8. The normalized spacial score (nSPS) is 10.4. The molecule has 0 amide bonds. The van der Waals surface area contributed by atoms with E-state index in [1.54, 1.807) is 0 Å². The molecule has 7 heteroatoms. The van der Waals surface area contributed by atoms with Crippen LogP contribution in [0.1, 0.15) is 6.42 Å². The predicted molar refractivity (Wildman–Crippen MR) is 70.1 cm³/mol. The van der Waals surface area contributed by atoms with Gasteiger partial charge in [0.25, 0.3) is 0 Å². The first-order chi connectivity index (χ1) is 7.81. The van der Waals surface area contributed by atoms with E-state index in [0.29, 0.717) is 13.2 Å². The third-order valence-corrected chi connectivity index (χ3v) is 3.72. The van der Waals surface area contributed by atoms with Crippen molar-refractivity contribution in [3.05, 3.63) is 18.2 Å². The van der Waals surface area contributed by atoms with Crippen LogP contribution in [-0.4, -0.2) is 13.2 Å². The fraction of sp³-hybridized carbons (Fsp3) is 0.333. The van der Waals surface area contributed by atoms with E-state index in [-0.39, 0.29) is 0 Å². The standard InChI is InChI=1S/C9H11Cl2NO2S2/c10-15-7-2-3-9(16-11)8(6-7)13-4-1-5-14-12/h2-3,6H,1,4-5,12H2. The molecule has 0 aliphatic rings. The lowest BCUT2D eigenvalue weighted by atomic mass is 10.3. The Morgan fingerprint density at radius 1 is 1.19 bits per heavy atom. The summed E-state index contributed by atoms with van der Waals surface area (Å²) in [5.41, 5.74) is 0. The Bertz CT molecular complexity index is 328. The lowest BCUT2D eigenvalue weighted by molar-refractivity contribution is 0.121. The minimum absolute atomic E-state index is 0.466. The Morgan fingerprint density at radius 2 is 2.00 bits per heavy atom. The largest absolute Gasteiger partial charge is 0.492 e. The van der Waals surface area contributed by atoms with Crippen LogP contribution in [0.3, 0.4) is 0 Å². The summed E-state index contributed by atoms with van der Waals surface area (Å²) in [4.78, 5) is 6.23. The zero-order valence-electron chi connectivity index (χ0n) is 8.32. The summed E-state index contributed by atoms with van der Waals surface area (Å²) >= 11 is 0. The molecule has 0 bridgehead atoms. The maximum Gasteiger partial charge on any atom is 0.135 e. The number of halogens is 2. The Balaban J connectivity index is 2.60. The second-order valence-electron chi connectivity index (χ2n) is 2.84. The molecule has 0 radical (unpaired) electrons. The van der Waals surface area contributed by atoms with Crippen LogP contribution >= 0.6 is 43.3 Å². The van der Waals surface area contributed by atoms with Crippen LogP contribution in [0.25, 0.3) is 0 Å². The molecule has 0 aliphatic heterocycles. The number of hydrogen-bond acceptors (Lipinski definition) is 5. The van der Waals surface area contributed by atoms with Gasteiger partial charge in [-0.15, -0.1) is 0 Å². The molecule has 0 saturated carbocycles. The molecule has 2 N–H and O–H groups in total. The van der Waals surface area contributed by atoms with Gasteiger partial charge in [0, 0.05) is 11.3 Å². The highest BCUT2D eigenvalue weighted by Gasteiger charge is 2.05. The second kappa shape index (κ2) is 8.33. The van der Waals surface area contributed by atoms with Gasteiger partial charge in [0.05, 0.1) is 18.1 Å². The van der Waals surface area contributed by atoms with Gasteiger partial charge in [-0.1, -0.05) is 0 Å². The fourth-order valence-electron chi connectivity index (χ4n) is 1.04. The van der Waals surface area contributed by atoms with Gasteiger partial charge >= 0.3 is 0 Å². The zero-order valence-corrected chi connectivity index (χ0v) is 11.5. The fourth-order valence-corrected chi connectivity index (χ4v) is 2.29. The van der Waals surface area contributed by atoms with Crippen molar-refractivity contribution in [3.8, 4) is 5.75 Å². The number of benzene rings is 1.